The van der Waals surface area contributed by atoms with E-state index in [1.165, 1.54) is 6.07 Å². The quantitative estimate of drug-likeness (QED) is 0.876. The lowest BCUT2D eigenvalue weighted by atomic mass is 10.0. The van der Waals surface area contributed by atoms with Crippen LogP contribution in [-0.4, -0.2) is 26.3 Å². The number of nitrogens with two attached hydrogens (primary N) is 1. The van der Waals surface area contributed by atoms with E-state index in [1.54, 1.807) is 13.0 Å². The molecule has 0 aromatic heterocycles. The van der Waals surface area contributed by atoms with E-state index in [2.05, 4.69) is 4.90 Å². The van der Waals surface area contributed by atoms with E-state index in [4.69, 9.17) is 10.5 Å². The van der Waals surface area contributed by atoms with Crippen LogP contribution in [0.1, 0.15) is 24.9 Å². The van der Waals surface area contributed by atoms with Crippen molar-refractivity contribution in [1.82, 2.24) is 0 Å². The Hall–Kier alpha value is -1.13. The summed E-state index contributed by atoms with van der Waals surface area (Å²) < 4.78 is 19.2. The molecule has 0 radical (unpaired) electrons. The van der Waals surface area contributed by atoms with Gasteiger partial charge in [0.25, 0.3) is 0 Å². The first-order valence-corrected chi connectivity index (χ1v) is 5.96. The van der Waals surface area contributed by atoms with Crippen LogP contribution in [0.4, 0.5) is 10.1 Å². The molecular formula is C13H19FN2O. The molecule has 0 aliphatic carbocycles. The van der Waals surface area contributed by atoms with Gasteiger partial charge < -0.3 is 15.4 Å². The minimum atomic E-state index is -0.309. The molecule has 2 atom stereocenters. The van der Waals surface area contributed by atoms with Gasteiger partial charge in [-0.25, -0.2) is 4.39 Å². The Morgan fingerprint density at radius 2 is 2.29 bits per heavy atom. The van der Waals surface area contributed by atoms with Crippen molar-refractivity contribution in [3.05, 3.63) is 29.6 Å². The molecule has 1 heterocycles. The Kier molecular flexibility index (Phi) is 3.64. The Labute approximate surface area is 101 Å². The molecule has 94 valence electrons. The highest BCUT2D eigenvalue weighted by Crippen LogP contribution is 2.29. The maximum Gasteiger partial charge on any atom is 0.130 e. The summed E-state index contributed by atoms with van der Waals surface area (Å²) in [6.07, 6.45) is 0.978. The van der Waals surface area contributed by atoms with Gasteiger partial charge in [0.2, 0.25) is 0 Å². The van der Waals surface area contributed by atoms with Crippen molar-refractivity contribution in [2.45, 2.75) is 25.4 Å². The molecular weight excluding hydrogens is 219 g/mol. The lowest BCUT2D eigenvalue weighted by Gasteiger charge is -2.28. The molecule has 1 saturated heterocycles. The first kappa shape index (κ1) is 12.3. The third-order valence-corrected chi connectivity index (χ3v) is 3.32. The maximum atomic E-state index is 13.8. The SMILES string of the molecule is C[C@@H](N)c1c(F)cccc1N(C)C1CCOC1. The number of likely N-dealkylation sites (N-methyl/N-ethyl adjacent to an activating group) is 1. The Balaban J connectivity index is 2.33. The first-order valence-electron chi connectivity index (χ1n) is 5.96. The minimum Gasteiger partial charge on any atom is -0.379 e. The predicted molar refractivity (Wildman–Crippen MR) is 66.6 cm³/mol. The van der Waals surface area contributed by atoms with E-state index in [0.717, 1.165) is 18.7 Å². The second kappa shape index (κ2) is 5.02. The van der Waals surface area contributed by atoms with Crippen LogP contribution in [0.2, 0.25) is 0 Å². The standard InChI is InChI=1S/C13H19FN2O/c1-9(15)13-11(14)4-3-5-12(13)16(2)10-6-7-17-8-10/h3-5,9-10H,6-8,15H2,1-2H3/t9-,10?/m1/s1. The van der Waals surface area contributed by atoms with E-state index in [0.29, 0.717) is 18.2 Å². The number of halogens is 1. The van der Waals surface area contributed by atoms with Gasteiger partial charge in [-0.1, -0.05) is 6.07 Å². The molecule has 1 aromatic carbocycles. The second-order valence-corrected chi connectivity index (χ2v) is 4.59. The smallest absolute Gasteiger partial charge is 0.130 e. The van der Waals surface area contributed by atoms with Crippen LogP contribution in [0.25, 0.3) is 0 Å². The predicted octanol–water partition coefficient (Wildman–Crippen LogP) is 2.07. The van der Waals surface area contributed by atoms with Gasteiger partial charge in [-0.3, -0.25) is 0 Å². The fourth-order valence-corrected chi connectivity index (χ4v) is 2.31. The number of nitrogens with zero attached hydrogens (tertiary/aromatic N) is 1. The molecule has 1 aliphatic heterocycles. The van der Waals surface area contributed by atoms with Crippen LogP contribution < -0.4 is 10.6 Å². The lowest BCUT2D eigenvalue weighted by molar-refractivity contribution is 0.193. The maximum absolute atomic E-state index is 13.8. The zero-order chi connectivity index (χ0) is 12.4. The van der Waals surface area contributed by atoms with Gasteiger partial charge in [0.15, 0.2) is 0 Å². The molecule has 1 unspecified atom stereocenters. The van der Waals surface area contributed by atoms with Crippen molar-refractivity contribution in [2.75, 3.05) is 25.2 Å². The molecule has 0 saturated carbocycles. The summed E-state index contributed by atoms with van der Waals surface area (Å²) in [7, 11) is 1.97. The van der Waals surface area contributed by atoms with E-state index in [1.807, 2.05) is 13.1 Å². The van der Waals surface area contributed by atoms with Crippen LogP contribution in [0, 0.1) is 5.82 Å². The molecule has 2 rings (SSSR count). The minimum absolute atomic E-state index is 0.233. The summed E-state index contributed by atoms with van der Waals surface area (Å²) in [4.78, 5) is 2.08. The number of hydrogen-bond donors (Lipinski definition) is 1. The van der Waals surface area contributed by atoms with Gasteiger partial charge in [-0.15, -0.1) is 0 Å². The van der Waals surface area contributed by atoms with Crippen LogP contribution >= 0.6 is 0 Å². The van der Waals surface area contributed by atoms with Gasteiger partial charge in [0.1, 0.15) is 5.82 Å². The van der Waals surface area contributed by atoms with Gasteiger partial charge in [-0.05, 0) is 25.5 Å². The molecule has 0 spiro atoms. The molecule has 2 N–H and O–H groups in total. The summed E-state index contributed by atoms with van der Waals surface area (Å²) in [6, 6.07) is 5.11. The Morgan fingerprint density at radius 1 is 1.53 bits per heavy atom. The van der Waals surface area contributed by atoms with Crippen LogP contribution in [0.5, 0.6) is 0 Å². The molecule has 1 fully saturated rings. The number of anilines is 1. The van der Waals surface area contributed by atoms with Crippen molar-refractivity contribution in [2.24, 2.45) is 5.73 Å². The summed E-state index contributed by atoms with van der Waals surface area (Å²) in [6.45, 7) is 3.28. The average Bonchev–Trinajstić information content (AvgIpc) is 2.80. The van der Waals surface area contributed by atoms with Crippen LogP contribution in [0.3, 0.4) is 0 Å². The second-order valence-electron chi connectivity index (χ2n) is 4.59. The third-order valence-electron chi connectivity index (χ3n) is 3.32. The monoisotopic (exact) mass is 238 g/mol. The first-order chi connectivity index (χ1) is 8.11. The fraction of sp³-hybridized carbons (Fsp3) is 0.538. The number of rotatable bonds is 3. The highest BCUT2D eigenvalue weighted by molar-refractivity contribution is 5.55. The summed E-state index contributed by atoms with van der Waals surface area (Å²) in [5, 5.41) is 0. The highest BCUT2D eigenvalue weighted by atomic mass is 19.1. The lowest BCUT2D eigenvalue weighted by Crippen LogP contribution is -2.33. The van der Waals surface area contributed by atoms with Gasteiger partial charge in [0, 0.05) is 30.9 Å². The van der Waals surface area contributed by atoms with Crippen molar-refractivity contribution >= 4 is 5.69 Å². The molecule has 0 bridgehead atoms. The molecule has 0 amide bonds. The van der Waals surface area contributed by atoms with Crippen molar-refractivity contribution < 1.29 is 9.13 Å². The molecule has 1 aliphatic rings. The fourth-order valence-electron chi connectivity index (χ4n) is 2.31. The third kappa shape index (κ3) is 2.42. The summed E-state index contributed by atoms with van der Waals surface area (Å²) in [5.74, 6) is -0.233. The molecule has 4 heteroatoms. The molecule has 3 nitrogen and oxygen atoms in total. The topological polar surface area (TPSA) is 38.5 Å². The van der Waals surface area contributed by atoms with Crippen molar-refractivity contribution in [1.29, 1.82) is 0 Å². The van der Waals surface area contributed by atoms with E-state index in [-0.39, 0.29) is 11.9 Å². The molecule has 17 heavy (non-hydrogen) atoms. The highest BCUT2D eigenvalue weighted by Gasteiger charge is 2.24. The Bertz CT molecular complexity index is 389. The zero-order valence-electron chi connectivity index (χ0n) is 10.3. The summed E-state index contributed by atoms with van der Waals surface area (Å²) >= 11 is 0. The largest absolute Gasteiger partial charge is 0.379 e. The number of hydrogen-bond acceptors (Lipinski definition) is 3. The van der Waals surface area contributed by atoms with Crippen LogP contribution in [-0.2, 0) is 4.74 Å². The normalized spacial score (nSPS) is 21.5. The number of ether oxygens (including phenoxy) is 1. The molecule has 1 aromatic rings. The van der Waals surface area contributed by atoms with Crippen LogP contribution in [0.15, 0.2) is 18.2 Å². The van der Waals surface area contributed by atoms with E-state index >= 15 is 0 Å². The average molecular weight is 238 g/mol. The van der Waals surface area contributed by atoms with Crippen molar-refractivity contribution in [3.8, 4) is 0 Å². The number of benzene rings is 1. The van der Waals surface area contributed by atoms with Gasteiger partial charge in [0.05, 0.1) is 12.6 Å². The van der Waals surface area contributed by atoms with Crippen molar-refractivity contribution in [3.63, 3.8) is 0 Å². The zero-order valence-corrected chi connectivity index (χ0v) is 10.3. The Morgan fingerprint density at radius 3 is 2.88 bits per heavy atom. The van der Waals surface area contributed by atoms with Gasteiger partial charge in [-0.2, -0.15) is 0 Å². The summed E-state index contributed by atoms with van der Waals surface area (Å²) in [5.41, 5.74) is 7.31. The van der Waals surface area contributed by atoms with Gasteiger partial charge >= 0.3 is 0 Å². The van der Waals surface area contributed by atoms with E-state index < -0.39 is 0 Å². The van der Waals surface area contributed by atoms with E-state index in [9.17, 15) is 4.39 Å².